The SMILES string of the molecule is Cn1cc(NC(=O)c2cc(N=C(N)CN=C(N)N)cn2C)cc1C(=O)NCCC(N)=O. The first kappa shape index (κ1) is 23.0. The van der Waals surface area contributed by atoms with E-state index in [1.54, 1.807) is 41.7 Å². The standard InChI is InChI=1S/C18H26N10O3/c1-27-9-11(6-12(27)16(30)23-4-3-15(20)29)26-17(31)13-5-10(8-28(13)2)25-14(19)7-24-18(21)22/h5-6,8-9H,3-4,7H2,1-2H3,(H2,19,25)(H2,20,29)(H,23,30)(H,26,31)(H4,21,22,24). The highest BCUT2D eigenvalue weighted by Crippen LogP contribution is 2.19. The van der Waals surface area contributed by atoms with E-state index in [1.807, 2.05) is 0 Å². The highest BCUT2D eigenvalue weighted by Gasteiger charge is 2.16. The van der Waals surface area contributed by atoms with E-state index in [0.717, 1.165) is 0 Å². The van der Waals surface area contributed by atoms with Crippen LogP contribution in [0, 0.1) is 0 Å². The van der Waals surface area contributed by atoms with Gasteiger partial charge in [0.2, 0.25) is 5.91 Å². The van der Waals surface area contributed by atoms with Crippen LogP contribution in [0.15, 0.2) is 34.5 Å². The molecule has 13 nitrogen and oxygen atoms in total. The summed E-state index contributed by atoms with van der Waals surface area (Å²) in [5.74, 6) is -1.23. The number of nitrogens with two attached hydrogens (primary N) is 4. The molecule has 0 unspecified atom stereocenters. The number of nitrogens with zero attached hydrogens (tertiary/aromatic N) is 4. The van der Waals surface area contributed by atoms with E-state index in [-0.39, 0.29) is 31.3 Å². The summed E-state index contributed by atoms with van der Waals surface area (Å²) in [5, 5.41) is 5.32. The molecule has 3 amide bonds. The van der Waals surface area contributed by atoms with Gasteiger partial charge in [-0.3, -0.25) is 14.4 Å². The van der Waals surface area contributed by atoms with Crippen LogP contribution < -0.4 is 33.6 Å². The van der Waals surface area contributed by atoms with E-state index in [2.05, 4.69) is 20.6 Å². The van der Waals surface area contributed by atoms with Crippen molar-refractivity contribution < 1.29 is 14.4 Å². The second-order valence-electron chi connectivity index (χ2n) is 6.69. The Hall–Kier alpha value is -4.29. The Morgan fingerprint density at radius 2 is 1.61 bits per heavy atom. The Morgan fingerprint density at radius 3 is 2.26 bits per heavy atom. The first-order valence-corrected chi connectivity index (χ1v) is 9.15. The fraction of sp³-hybridized carbons (Fsp3) is 0.278. The number of aliphatic imine (C=N–C) groups is 2. The first-order valence-electron chi connectivity index (χ1n) is 9.15. The van der Waals surface area contributed by atoms with Gasteiger partial charge in [0, 0.05) is 39.5 Å². The molecule has 0 aliphatic rings. The lowest BCUT2D eigenvalue weighted by molar-refractivity contribution is -0.117. The molecule has 2 aromatic heterocycles. The maximum absolute atomic E-state index is 12.7. The second-order valence-corrected chi connectivity index (χ2v) is 6.69. The predicted molar refractivity (Wildman–Crippen MR) is 117 cm³/mol. The van der Waals surface area contributed by atoms with Crippen LogP contribution in [0.25, 0.3) is 0 Å². The zero-order chi connectivity index (χ0) is 23.1. The molecule has 0 saturated carbocycles. The van der Waals surface area contributed by atoms with Gasteiger partial charge in [0.15, 0.2) is 5.96 Å². The van der Waals surface area contributed by atoms with Crippen LogP contribution in [-0.2, 0) is 18.9 Å². The number of primary amides is 1. The normalized spacial score (nSPS) is 11.1. The number of amides is 3. The average Bonchev–Trinajstić information content (AvgIpc) is 3.21. The van der Waals surface area contributed by atoms with Gasteiger partial charge >= 0.3 is 0 Å². The number of carbonyl (C=O) groups is 3. The van der Waals surface area contributed by atoms with Crippen molar-refractivity contribution in [2.24, 2.45) is 47.0 Å². The minimum Gasteiger partial charge on any atom is -0.386 e. The van der Waals surface area contributed by atoms with E-state index in [0.29, 0.717) is 22.8 Å². The van der Waals surface area contributed by atoms with Crippen LogP contribution in [-0.4, -0.2) is 51.7 Å². The molecule has 0 bridgehead atoms. The van der Waals surface area contributed by atoms with Gasteiger partial charge in [-0.25, -0.2) is 9.98 Å². The molecule has 2 aromatic rings. The number of carbonyl (C=O) groups excluding carboxylic acids is 3. The Balaban J connectivity index is 2.08. The number of aromatic nitrogens is 2. The van der Waals surface area contributed by atoms with Gasteiger partial charge in [-0.1, -0.05) is 0 Å². The molecule has 13 heteroatoms. The zero-order valence-corrected chi connectivity index (χ0v) is 17.3. The number of guanidine groups is 1. The molecule has 0 fully saturated rings. The van der Waals surface area contributed by atoms with E-state index in [4.69, 9.17) is 22.9 Å². The molecule has 0 aliphatic heterocycles. The number of hydrogen-bond acceptors (Lipinski definition) is 5. The Bertz CT molecular complexity index is 1040. The van der Waals surface area contributed by atoms with Crippen LogP contribution in [0.5, 0.6) is 0 Å². The Kier molecular flexibility index (Phi) is 7.38. The van der Waals surface area contributed by atoms with E-state index >= 15 is 0 Å². The molecular formula is C18H26N10O3. The lowest BCUT2D eigenvalue weighted by atomic mass is 10.3. The van der Waals surface area contributed by atoms with Gasteiger partial charge in [0.1, 0.15) is 23.8 Å². The molecule has 0 aliphatic carbocycles. The lowest BCUT2D eigenvalue weighted by Gasteiger charge is -2.04. The number of hydrogen-bond donors (Lipinski definition) is 6. The van der Waals surface area contributed by atoms with Crippen molar-refractivity contribution in [2.45, 2.75) is 6.42 Å². The summed E-state index contributed by atoms with van der Waals surface area (Å²) < 4.78 is 3.14. The number of rotatable bonds is 9. The molecular weight excluding hydrogens is 404 g/mol. The van der Waals surface area contributed by atoms with Crippen LogP contribution in [0.4, 0.5) is 11.4 Å². The fourth-order valence-electron chi connectivity index (χ4n) is 2.65. The Morgan fingerprint density at radius 1 is 0.968 bits per heavy atom. The smallest absolute Gasteiger partial charge is 0.272 e. The molecule has 0 spiro atoms. The summed E-state index contributed by atoms with van der Waals surface area (Å²) in [4.78, 5) is 43.6. The van der Waals surface area contributed by atoms with E-state index < -0.39 is 17.7 Å². The van der Waals surface area contributed by atoms with Crippen molar-refractivity contribution in [2.75, 3.05) is 18.4 Å². The van der Waals surface area contributed by atoms with Gasteiger partial charge in [0.25, 0.3) is 11.8 Å². The maximum atomic E-state index is 12.7. The minimum atomic E-state index is -0.510. The third-order valence-electron chi connectivity index (χ3n) is 4.07. The summed E-state index contributed by atoms with van der Waals surface area (Å²) in [5.41, 5.74) is 22.8. The van der Waals surface area contributed by atoms with Crippen LogP contribution >= 0.6 is 0 Å². The summed E-state index contributed by atoms with van der Waals surface area (Å²) in [6.45, 7) is 0.160. The van der Waals surface area contributed by atoms with Crippen molar-refractivity contribution in [3.05, 3.63) is 35.9 Å². The average molecular weight is 430 g/mol. The van der Waals surface area contributed by atoms with Crippen molar-refractivity contribution in [3.63, 3.8) is 0 Å². The summed E-state index contributed by atoms with van der Waals surface area (Å²) >= 11 is 0. The van der Waals surface area contributed by atoms with Gasteiger partial charge < -0.3 is 42.7 Å². The monoisotopic (exact) mass is 430 g/mol. The van der Waals surface area contributed by atoms with Crippen LogP contribution in [0.1, 0.15) is 27.4 Å². The Labute approximate surface area is 178 Å². The van der Waals surface area contributed by atoms with Gasteiger partial charge in [-0.05, 0) is 12.1 Å². The topological polar surface area (TPSA) is 214 Å². The number of anilines is 1. The third kappa shape index (κ3) is 6.62. The van der Waals surface area contributed by atoms with Gasteiger partial charge in [-0.15, -0.1) is 0 Å². The molecule has 2 rings (SSSR count). The quantitative estimate of drug-likeness (QED) is 0.205. The largest absolute Gasteiger partial charge is 0.386 e. The van der Waals surface area contributed by atoms with Crippen molar-refractivity contribution in [1.29, 1.82) is 0 Å². The van der Waals surface area contributed by atoms with Crippen molar-refractivity contribution in [3.8, 4) is 0 Å². The molecule has 0 saturated heterocycles. The van der Waals surface area contributed by atoms with Crippen LogP contribution in [0.2, 0.25) is 0 Å². The predicted octanol–water partition coefficient (Wildman–Crippen LogP) is -1.52. The number of nitrogens with one attached hydrogen (secondary N) is 2. The summed E-state index contributed by atoms with van der Waals surface area (Å²) in [7, 11) is 3.34. The molecule has 0 radical (unpaired) electrons. The molecule has 2 heterocycles. The molecule has 0 atom stereocenters. The molecule has 0 aromatic carbocycles. The van der Waals surface area contributed by atoms with Crippen molar-refractivity contribution in [1.82, 2.24) is 14.5 Å². The van der Waals surface area contributed by atoms with Crippen molar-refractivity contribution >= 4 is 40.9 Å². The maximum Gasteiger partial charge on any atom is 0.272 e. The molecule has 31 heavy (non-hydrogen) atoms. The van der Waals surface area contributed by atoms with Crippen LogP contribution in [0.3, 0.4) is 0 Å². The van der Waals surface area contributed by atoms with Gasteiger partial charge in [-0.2, -0.15) is 0 Å². The number of amidine groups is 1. The summed E-state index contributed by atoms with van der Waals surface area (Å²) in [6, 6.07) is 3.07. The van der Waals surface area contributed by atoms with E-state index in [1.165, 1.54) is 6.07 Å². The first-order chi connectivity index (χ1) is 14.6. The molecule has 166 valence electrons. The molecule has 10 N–H and O–H groups in total. The zero-order valence-electron chi connectivity index (χ0n) is 17.3. The highest BCUT2D eigenvalue weighted by atomic mass is 16.2. The highest BCUT2D eigenvalue weighted by molar-refractivity contribution is 6.05. The summed E-state index contributed by atoms with van der Waals surface area (Å²) in [6.07, 6.45) is 3.25. The fourth-order valence-corrected chi connectivity index (χ4v) is 2.65. The minimum absolute atomic E-state index is 0.0348. The van der Waals surface area contributed by atoms with Gasteiger partial charge in [0.05, 0.1) is 11.4 Å². The van der Waals surface area contributed by atoms with E-state index in [9.17, 15) is 14.4 Å². The third-order valence-corrected chi connectivity index (χ3v) is 4.07. The second kappa shape index (κ2) is 9.96. The number of aryl methyl sites for hydroxylation is 2. The lowest BCUT2D eigenvalue weighted by Crippen LogP contribution is -2.29.